The van der Waals surface area contributed by atoms with Gasteiger partial charge in [-0.25, -0.2) is 4.98 Å². The van der Waals surface area contributed by atoms with Gasteiger partial charge in [0, 0.05) is 25.5 Å². The summed E-state index contributed by atoms with van der Waals surface area (Å²) in [4.78, 5) is 4.07. The van der Waals surface area contributed by atoms with Gasteiger partial charge in [-0.1, -0.05) is 0 Å². The lowest BCUT2D eigenvalue weighted by Crippen LogP contribution is -2.21. The third-order valence-corrected chi connectivity index (χ3v) is 2.67. The predicted molar refractivity (Wildman–Crippen MR) is 58.0 cm³/mol. The maximum Gasteiger partial charge on any atom is 0.214 e. The summed E-state index contributed by atoms with van der Waals surface area (Å²) in [6.45, 7) is 2.30. The number of hydrogen-bond acceptors (Lipinski definition) is 4. The van der Waals surface area contributed by atoms with Gasteiger partial charge in [0.25, 0.3) is 0 Å². The van der Waals surface area contributed by atoms with E-state index in [2.05, 4.69) is 11.1 Å². The third kappa shape index (κ3) is 2.94. The first-order chi connectivity index (χ1) is 7.88. The second-order valence-corrected chi connectivity index (χ2v) is 3.86. The number of rotatable bonds is 3. The van der Waals surface area contributed by atoms with Crippen molar-refractivity contribution in [3.05, 3.63) is 23.9 Å². The summed E-state index contributed by atoms with van der Waals surface area (Å²) in [5, 5.41) is 8.73. The first-order valence-electron chi connectivity index (χ1n) is 5.45. The monoisotopic (exact) mass is 218 g/mol. The van der Waals surface area contributed by atoms with E-state index in [1.165, 1.54) is 0 Å². The molecule has 0 aromatic carbocycles. The minimum Gasteiger partial charge on any atom is -0.477 e. The van der Waals surface area contributed by atoms with Gasteiger partial charge in [-0.05, 0) is 24.8 Å². The van der Waals surface area contributed by atoms with Gasteiger partial charge in [0.15, 0.2) is 0 Å². The molecule has 0 unspecified atom stereocenters. The van der Waals surface area contributed by atoms with Crippen molar-refractivity contribution in [2.24, 2.45) is 5.92 Å². The molecule has 0 saturated carbocycles. The molecule has 1 aliphatic rings. The molecule has 1 aromatic rings. The quantitative estimate of drug-likeness (QED) is 0.775. The van der Waals surface area contributed by atoms with Gasteiger partial charge in [-0.2, -0.15) is 5.26 Å². The van der Waals surface area contributed by atoms with Crippen molar-refractivity contribution in [2.45, 2.75) is 12.8 Å². The molecule has 0 radical (unpaired) electrons. The summed E-state index contributed by atoms with van der Waals surface area (Å²) in [7, 11) is 0. The zero-order valence-electron chi connectivity index (χ0n) is 9.06. The molecular formula is C12H14N2O2. The molecule has 0 amide bonds. The Balaban J connectivity index is 1.86. The van der Waals surface area contributed by atoms with Crippen LogP contribution < -0.4 is 4.74 Å². The Hall–Kier alpha value is -1.60. The van der Waals surface area contributed by atoms with E-state index in [1.807, 2.05) is 0 Å². The number of hydrogen-bond donors (Lipinski definition) is 0. The van der Waals surface area contributed by atoms with Crippen molar-refractivity contribution in [3.8, 4) is 11.9 Å². The van der Waals surface area contributed by atoms with Gasteiger partial charge in [-0.15, -0.1) is 0 Å². The van der Waals surface area contributed by atoms with E-state index in [0.29, 0.717) is 24.0 Å². The average Bonchev–Trinajstić information content (AvgIpc) is 2.38. The summed E-state index contributed by atoms with van der Waals surface area (Å²) in [5.41, 5.74) is 0.581. The molecule has 4 heteroatoms. The molecule has 1 aromatic heterocycles. The van der Waals surface area contributed by atoms with Crippen molar-refractivity contribution < 1.29 is 9.47 Å². The van der Waals surface area contributed by atoms with Crippen LogP contribution in [0.4, 0.5) is 0 Å². The highest BCUT2D eigenvalue weighted by atomic mass is 16.5. The SMILES string of the molecule is N#Cc1ccnc(OCC2CCOCC2)c1. The topological polar surface area (TPSA) is 55.1 Å². The molecule has 2 heterocycles. The van der Waals surface area contributed by atoms with Crippen LogP contribution in [0.5, 0.6) is 5.88 Å². The van der Waals surface area contributed by atoms with Crippen molar-refractivity contribution in [1.29, 1.82) is 5.26 Å². The van der Waals surface area contributed by atoms with E-state index in [4.69, 9.17) is 14.7 Å². The molecule has 16 heavy (non-hydrogen) atoms. The molecule has 0 spiro atoms. The van der Waals surface area contributed by atoms with Crippen LogP contribution in [0.25, 0.3) is 0 Å². The largest absolute Gasteiger partial charge is 0.477 e. The first kappa shape index (κ1) is 10.9. The van der Waals surface area contributed by atoms with E-state index < -0.39 is 0 Å². The van der Waals surface area contributed by atoms with E-state index in [0.717, 1.165) is 26.1 Å². The zero-order chi connectivity index (χ0) is 11.2. The summed E-state index contributed by atoms with van der Waals surface area (Å²) in [5.74, 6) is 1.08. The Morgan fingerprint density at radius 3 is 3.06 bits per heavy atom. The summed E-state index contributed by atoms with van der Waals surface area (Å²) in [6.07, 6.45) is 3.67. The van der Waals surface area contributed by atoms with Crippen LogP contribution in [0.3, 0.4) is 0 Å². The summed E-state index contributed by atoms with van der Waals surface area (Å²) >= 11 is 0. The highest BCUT2D eigenvalue weighted by Gasteiger charge is 2.14. The molecule has 1 fully saturated rings. The molecular weight excluding hydrogens is 204 g/mol. The molecule has 0 aliphatic carbocycles. The summed E-state index contributed by atoms with van der Waals surface area (Å²) < 4.78 is 10.8. The maximum atomic E-state index is 8.73. The molecule has 84 valence electrons. The van der Waals surface area contributed by atoms with Gasteiger partial charge in [0.2, 0.25) is 5.88 Å². The van der Waals surface area contributed by atoms with Crippen molar-refractivity contribution in [1.82, 2.24) is 4.98 Å². The van der Waals surface area contributed by atoms with Crippen LogP contribution >= 0.6 is 0 Å². The Labute approximate surface area is 94.8 Å². The van der Waals surface area contributed by atoms with Crippen LogP contribution in [-0.2, 0) is 4.74 Å². The molecule has 2 rings (SSSR count). The Bertz CT molecular complexity index is 381. The third-order valence-electron chi connectivity index (χ3n) is 2.67. The van der Waals surface area contributed by atoms with E-state index in [-0.39, 0.29) is 0 Å². The average molecular weight is 218 g/mol. The molecule has 1 aliphatic heterocycles. The number of ether oxygens (including phenoxy) is 2. The van der Waals surface area contributed by atoms with Crippen LogP contribution in [0.2, 0.25) is 0 Å². The minimum absolute atomic E-state index is 0.533. The van der Waals surface area contributed by atoms with Crippen LogP contribution in [-0.4, -0.2) is 24.8 Å². The maximum absolute atomic E-state index is 8.73. The van der Waals surface area contributed by atoms with Crippen LogP contribution in [0, 0.1) is 17.2 Å². The van der Waals surface area contributed by atoms with E-state index in [9.17, 15) is 0 Å². The van der Waals surface area contributed by atoms with Crippen molar-refractivity contribution in [2.75, 3.05) is 19.8 Å². The lowest BCUT2D eigenvalue weighted by molar-refractivity contribution is 0.0490. The molecule has 0 N–H and O–H groups in total. The molecule has 0 atom stereocenters. The fraction of sp³-hybridized carbons (Fsp3) is 0.500. The fourth-order valence-electron chi connectivity index (χ4n) is 1.67. The number of pyridine rings is 1. The van der Waals surface area contributed by atoms with Crippen LogP contribution in [0.15, 0.2) is 18.3 Å². The van der Waals surface area contributed by atoms with E-state index >= 15 is 0 Å². The Morgan fingerprint density at radius 1 is 1.50 bits per heavy atom. The highest BCUT2D eigenvalue weighted by molar-refractivity contribution is 5.31. The van der Waals surface area contributed by atoms with Crippen LogP contribution in [0.1, 0.15) is 18.4 Å². The molecule has 4 nitrogen and oxygen atoms in total. The fourth-order valence-corrected chi connectivity index (χ4v) is 1.67. The van der Waals surface area contributed by atoms with E-state index in [1.54, 1.807) is 18.3 Å². The zero-order valence-corrected chi connectivity index (χ0v) is 9.06. The number of aromatic nitrogens is 1. The molecule has 1 saturated heterocycles. The standard InChI is InChI=1S/C12H14N2O2/c13-8-11-1-4-14-12(7-11)16-9-10-2-5-15-6-3-10/h1,4,7,10H,2-3,5-6,9H2. The second-order valence-electron chi connectivity index (χ2n) is 3.86. The number of nitrogens with zero attached hydrogens (tertiary/aromatic N) is 2. The number of nitriles is 1. The highest BCUT2D eigenvalue weighted by Crippen LogP contribution is 2.16. The minimum atomic E-state index is 0.533. The summed E-state index contributed by atoms with van der Waals surface area (Å²) in [6, 6.07) is 5.40. The second kappa shape index (κ2) is 5.47. The van der Waals surface area contributed by atoms with Crippen molar-refractivity contribution >= 4 is 0 Å². The first-order valence-corrected chi connectivity index (χ1v) is 5.45. The normalized spacial score (nSPS) is 16.7. The lowest BCUT2D eigenvalue weighted by atomic mass is 10.0. The predicted octanol–water partition coefficient (Wildman–Crippen LogP) is 1.76. The van der Waals surface area contributed by atoms with Gasteiger partial charge in [0.05, 0.1) is 18.2 Å². The van der Waals surface area contributed by atoms with Gasteiger partial charge in [0.1, 0.15) is 0 Å². The van der Waals surface area contributed by atoms with Gasteiger partial charge >= 0.3 is 0 Å². The lowest BCUT2D eigenvalue weighted by Gasteiger charge is -2.21. The smallest absolute Gasteiger partial charge is 0.214 e. The van der Waals surface area contributed by atoms with Gasteiger partial charge < -0.3 is 9.47 Å². The Morgan fingerprint density at radius 2 is 2.31 bits per heavy atom. The van der Waals surface area contributed by atoms with Gasteiger partial charge in [-0.3, -0.25) is 0 Å². The van der Waals surface area contributed by atoms with Crippen molar-refractivity contribution in [3.63, 3.8) is 0 Å². The Kier molecular flexibility index (Phi) is 3.73. The molecule has 0 bridgehead atoms.